The minimum absolute atomic E-state index is 0.125. The molecule has 1 amide bonds. The van der Waals surface area contributed by atoms with Crippen molar-refractivity contribution in [3.05, 3.63) is 69.5 Å². The Labute approximate surface area is 182 Å². The lowest BCUT2D eigenvalue weighted by atomic mass is 10.1. The third-order valence-corrected chi connectivity index (χ3v) is 5.11. The number of carbonyl (C=O) groups is 1. The number of fused-ring (bicyclic) bond motifs is 1. The highest BCUT2D eigenvalue weighted by atomic mass is 16.5. The minimum Gasteiger partial charge on any atom is -0.497 e. The summed E-state index contributed by atoms with van der Waals surface area (Å²) in [6, 6.07) is 9.26. The SMILES string of the molecule is COc1ccc(-c2cc(CNC(=O)Cn3cnc4c3c(=O)n(C)c(=O)n4C)ncn2)cc1. The molecular weight excluding hydrogens is 414 g/mol. The van der Waals surface area contributed by atoms with E-state index in [-0.39, 0.29) is 30.2 Å². The number of ether oxygens (including phenoxy) is 1. The Balaban J connectivity index is 1.48. The van der Waals surface area contributed by atoms with Gasteiger partial charge in [-0.3, -0.25) is 18.7 Å². The van der Waals surface area contributed by atoms with Crippen LogP contribution in [0.2, 0.25) is 0 Å². The van der Waals surface area contributed by atoms with E-state index in [0.29, 0.717) is 5.69 Å². The van der Waals surface area contributed by atoms with Gasteiger partial charge in [0.2, 0.25) is 5.91 Å². The largest absolute Gasteiger partial charge is 0.497 e. The normalized spacial score (nSPS) is 11.0. The van der Waals surface area contributed by atoms with Gasteiger partial charge in [0.15, 0.2) is 11.2 Å². The third kappa shape index (κ3) is 3.87. The molecule has 11 heteroatoms. The van der Waals surface area contributed by atoms with E-state index >= 15 is 0 Å². The molecule has 32 heavy (non-hydrogen) atoms. The Hall–Kier alpha value is -4.28. The molecular formula is C21H21N7O4. The van der Waals surface area contributed by atoms with Gasteiger partial charge in [-0.15, -0.1) is 0 Å². The molecule has 3 heterocycles. The van der Waals surface area contributed by atoms with Crippen LogP contribution in [0.1, 0.15) is 5.69 Å². The minimum atomic E-state index is -0.506. The number of methoxy groups -OCH3 is 1. The Kier molecular flexibility index (Phi) is 5.54. The number of amides is 1. The zero-order chi connectivity index (χ0) is 22.8. The lowest BCUT2D eigenvalue weighted by Crippen LogP contribution is -2.38. The van der Waals surface area contributed by atoms with Crippen molar-refractivity contribution >= 4 is 17.1 Å². The molecule has 1 N–H and O–H groups in total. The molecule has 0 saturated heterocycles. The van der Waals surface area contributed by atoms with Crippen molar-refractivity contribution in [2.24, 2.45) is 14.1 Å². The van der Waals surface area contributed by atoms with Crippen molar-refractivity contribution in [1.82, 2.24) is 34.0 Å². The van der Waals surface area contributed by atoms with E-state index in [1.54, 1.807) is 13.2 Å². The Morgan fingerprint density at radius 2 is 1.81 bits per heavy atom. The fraction of sp³-hybridized carbons (Fsp3) is 0.238. The maximum absolute atomic E-state index is 12.5. The van der Waals surface area contributed by atoms with Gasteiger partial charge >= 0.3 is 5.69 Å². The summed E-state index contributed by atoms with van der Waals surface area (Å²) in [7, 11) is 4.51. The van der Waals surface area contributed by atoms with E-state index in [2.05, 4.69) is 20.3 Å². The van der Waals surface area contributed by atoms with Gasteiger partial charge in [0.05, 0.1) is 31.4 Å². The van der Waals surface area contributed by atoms with E-state index in [4.69, 9.17) is 4.74 Å². The van der Waals surface area contributed by atoms with Crippen LogP contribution < -0.4 is 21.3 Å². The van der Waals surface area contributed by atoms with Crippen molar-refractivity contribution < 1.29 is 9.53 Å². The van der Waals surface area contributed by atoms with E-state index in [1.807, 2.05) is 24.3 Å². The van der Waals surface area contributed by atoms with Crippen molar-refractivity contribution in [2.45, 2.75) is 13.1 Å². The molecule has 11 nitrogen and oxygen atoms in total. The smallest absolute Gasteiger partial charge is 0.332 e. The zero-order valence-corrected chi connectivity index (χ0v) is 17.8. The van der Waals surface area contributed by atoms with Crippen LogP contribution in [-0.2, 0) is 32.0 Å². The molecule has 4 aromatic rings. The number of hydrogen-bond acceptors (Lipinski definition) is 7. The molecule has 0 unspecified atom stereocenters. The predicted molar refractivity (Wildman–Crippen MR) is 116 cm³/mol. The summed E-state index contributed by atoms with van der Waals surface area (Å²) in [4.78, 5) is 49.6. The predicted octanol–water partition coefficient (Wildman–Crippen LogP) is 0.216. The highest BCUT2D eigenvalue weighted by molar-refractivity contribution is 5.78. The van der Waals surface area contributed by atoms with E-state index < -0.39 is 11.2 Å². The van der Waals surface area contributed by atoms with Crippen LogP contribution in [0, 0.1) is 0 Å². The van der Waals surface area contributed by atoms with Crippen LogP contribution in [0.15, 0.2) is 52.6 Å². The molecule has 0 bridgehead atoms. The second kappa shape index (κ2) is 8.46. The van der Waals surface area contributed by atoms with Gasteiger partial charge in [0, 0.05) is 19.7 Å². The molecule has 0 aliphatic heterocycles. The van der Waals surface area contributed by atoms with Crippen LogP contribution in [0.5, 0.6) is 5.75 Å². The molecule has 1 aromatic carbocycles. The number of carbonyl (C=O) groups excluding carboxylic acids is 1. The van der Waals surface area contributed by atoms with Crippen LogP contribution in [-0.4, -0.2) is 41.7 Å². The van der Waals surface area contributed by atoms with E-state index in [1.165, 1.54) is 35.9 Å². The molecule has 0 saturated carbocycles. The zero-order valence-electron chi connectivity index (χ0n) is 17.8. The summed E-state index contributed by atoms with van der Waals surface area (Å²) in [6.07, 6.45) is 2.81. The molecule has 0 aliphatic rings. The number of benzene rings is 1. The monoisotopic (exact) mass is 435 g/mol. The highest BCUT2D eigenvalue weighted by Crippen LogP contribution is 2.20. The lowest BCUT2D eigenvalue weighted by Gasteiger charge is -2.08. The molecule has 0 radical (unpaired) electrons. The number of aryl methyl sites for hydroxylation is 1. The summed E-state index contributed by atoms with van der Waals surface area (Å²) in [5, 5.41) is 2.78. The van der Waals surface area contributed by atoms with E-state index in [0.717, 1.165) is 21.6 Å². The summed E-state index contributed by atoms with van der Waals surface area (Å²) >= 11 is 0. The van der Waals surface area contributed by atoms with Crippen molar-refractivity contribution in [1.29, 1.82) is 0 Å². The second-order valence-electron chi connectivity index (χ2n) is 7.15. The standard InChI is InChI=1S/C21H21N7O4/c1-26-19-18(20(30)27(2)21(26)31)28(12-25-19)10-17(29)22-9-14-8-16(24-11-23-14)13-4-6-15(32-3)7-5-13/h4-8,11-12H,9-10H2,1-3H3,(H,22,29). The Bertz CT molecular complexity index is 1420. The molecule has 0 fully saturated rings. The fourth-order valence-electron chi connectivity index (χ4n) is 3.33. The number of rotatable bonds is 6. The van der Waals surface area contributed by atoms with Gasteiger partial charge in [-0.05, 0) is 30.3 Å². The summed E-state index contributed by atoms with van der Waals surface area (Å²) < 4.78 is 8.85. The average molecular weight is 435 g/mol. The summed E-state index contributed by atoms with van der Waals surface area (Å²) in [6.45, 7) is 0.0635. The van der Waals surface area contributed by atoms with Gasteiger partial charge in [0.25, 0.3) is 5.56 Å². The lowest BCUT2D eigenvalue weighted by molar-refractivity contribution is -0.121. The number of nitrogens with zero attached hydrogens (tertiary/aromatic N) is 6. The van der Waals surface area contributed by atoms with Crippen molar-refractivity contribution in [2.75, 3.05) is 7.11 Å². The van der Waals surface area contributed by atoms with Crippen LogP contribution in [0.3, 0.4) is 0 Å². The Morgan fingerprint density at radius 3 is 2.53 bits per heavy atom. The van der Waals surface area contributed by atoms with Gasteiger partial charge in [-0.2, -0.15) is 0 Å². The highest BCUT2D eigenvalue weighted by Gasteiger charge is 2.16. The van der Waals surface area contributed by atoms with Gasteiger partial charge in [-0.25, -0.2) is 19.7 Å². The summed E-state index contributed by atoms with van der Waals surface area (Å²) in [5.41, 5.74) is 1.68. The first-order chi connectivity index (χ1) is 15.4. The van der Waals surface area contributed by atoms with Gasteiger partial charge < -0.3 is 14.6 Å². The first kappa shape index (κ1) is 21.0. The van der Waals surface area contributed by atoms with Gasteiger partial charge in [-0.1, -0.05) is 0 Å². The Morgan fingerprint density at radius 1 is 1.06 bits per heavy atom. The van der Waals surface area contributed by atoms with Crippen molar-refractivity contribution in [3.8, 4) is 17.0 Å². The van der Waals surface area contributed by atoms with Crippen LogP contribution >= 0.6 is 0 Å². The third-order valence-electron chi connectivity index (χ3n) is 5.11. The number of hydrogen-bond donors (Lipinski definition) is 1. The molecule has 0 spiro atoms. The number of imidazole rings is 1. The van der Waals surface area contributed by atoms with Crippen LogP contribution in [0.25, 0.3) is 22.4 Å². The van der Waals surface area contributed by atoms with Gasteiger partial charge in [0.1, 0.15) is 18.6 Å². The number of aromatic nitrogens is 6. The molecule has 164 valence electrons. The first-order valence-electron chi connectivity index (χ1n) is 9.72. The maximum Gasteiger partial charge on any atom is 0.332 e. The molecule has 4 rings (SSSR count). The van der Waals surface area contributed by atoms with E-state index in [9.17, 15) is 14.4 Å². The van der Waals surface area contributed by atoms with Crippen LogP contribution in [0.4, 0.5) is 0 Å². The molecule has 0 aliphatic carbocycles. The summed E-state index contributed by atoms with van der Waals surface area (Å²) in [5.74, 6) is 0.419. The quantitative estimate of drug-likeness (QED) is 0.459. The number of nitrogens with one attached hydrogen (secondary N) is 1. The first-order valence-corrected chi connectivity index (χ1v) is 9.72. The maximum atomic E-state index is 12.5. The molecule has 3 aromatic heterocycles. The molecule has 0 atom stereocenters. The fourth-order valence-corrected chi connectivity index (χ4v) is 3.33. The second-order valence-corrected chi connectivity index (χ2v) is 7.15. The average Bonchev–Trinajstić information content (AvgIpc) is 3.24. The topological polar surface area (TPSA) is 126 Å². The van der Waals surface area contributed by atoms with Crippen molar-refractivity contribution in [3.63, 3.8) is 0 Å².